The number of phenols is 1. The third kappa shape index (κ3) is 6.80. The van der Waals surface area contributed by atoms with E-state index >= 15 is 0 Å². The Morgan fingerprint density at radius 2 is 1.69 bits per heavy atom. The Hall–Kier alpha value is -1.60. The highest BCUT2D eigenvalue weighted by atomic mass is 31.2. The number of phenolic OH excluding ortho intramolecular Hbond substituents is 1. The van der Waals surface area contributed by atoms with Crippen molar-refractivity contribution in [1.29, 1.82) is 0 Å². The number of phosphoric acid groups is 1. The van der Waals surface area contributed by atoms with Gasteiger partial charge >= 0.3 is 13.8 Å². The van der Waals surface area contributed by atoms with Gasteiger partial charge in [0, 0.05) is 0 Å². The number of nitrogen functional groups attached to an aromatic ring is 1. The molecule has 1 rings (SSSR count). The SMILES string of the molecule is Nc1ccc(C(=O)O)cc1O.O=P(O)(O)O. The lowest BCUT2D eigenvalue weighted by Crippen LogP contribution is -1.96. The molecule has 0 aliphatic rings. The van der Waals surface area contributed by atoms with Gasteiger partial charge in [-0.05, 0) is 18.2 Å². The Morgan fingerprint density at radius 3 is 2.00 bits per heavy atom. The van der Waals surface area contributed by atoms with E-state index in [0.29, 0.717) is 0 Å². The fourth-order valence-electron chi connectivity index (χ4n) is 0.677. The molecule has 0 aliphatic heterocycles. The van der Waals surface area contributed by atoms with Crippen molar-refractivity contribution in [1.82, 2.24) is 0 Å². The van der Waals surface area contributed by atoms with Crippen molar-refractivity contribution < 1.29 is 34.3 Å². The summed E-state index contributed by atoms with van der Waals surface area (Å²) < 4.78 is 8.88. The molecule has 0 spiro atoms. The molecule has 8 nitrogen and oxygen atoms in total. The molecular formula is C7H10NO7P. The van der Waals surface area contributed by atoms with E-state index < -0.39 is 13.8 Å². The summed E-state index contributed by atoms with van der Waals surface area (Å²) in [7, 11) is -4.64. The number of anilines is 1. The van der Waals surface area contributed by atoms with Gasteiger partial charge in [0.1, 0.15) is 5.75 Å². The van der Waals surface area contributed by atoms with Crippen LogP contribution in [0.3, 0.4) is 0 Å². The number of nitrogens with two attached hydrogens (primary N) is 1. The predicted octanol–water partition coefficient (Wildman–Crippen LogP) is -0.256. The Balaban J connectivity index is 0.000000385. The molecule has 0 saturated carbocycles. The highest BCUT2D eigenvalue weighted by Gasteiger charge is 2.04. The quantitative estimate of drug-likeness (QED) is 0.226. The number of hydrogen-bond acceptors (Lipinski definition) is 4. The zero-order valence-corrected chi connectivity index (χ0v) is 8.70. The number of aromatic carboxylic acids is 1. The number of aromatic hydroxyl groups is 1. The van der Waals surface area contributed by atoms with Gasteiger partial charge in [-0.25, -0.2) is 9.36 Å². The van der Waals surface area contributed by atoms with Crippen LogP contribution in [-0.2, 0) is 4.57 Å². The highest BCUT2D eigenvalue weighted by Crippen LogP contribution is 2.25. The van der Waals surface area contributed by atoms with Crippen molar-refractivity contribution in [3.8, 4) is 5.75 Å². The lowest BCUT2D eigenvalue weighted by Gasteiger charge is -1.98. The van der Waals surface area contributed by atoms with Gasteiger partial charge < -0.3 is 30.6 Å². The lowest BCUT2D eigenvalue weighted by atomic mass is 10.2. The van der Waals surface area contributed by atoms with Crippen LogP contribution in [-0.4, -0.2) is 30.9 Å². The van der Waals surface area contributed by atoms with Gasteiger partial charge in [0.15, 0.2) is 0 Å². The first-order chi connectivity index (χ1) is 7.11. The van der Waals surface area contributed by atoms with Crippen LogP contribution in [0.5, 0.6) is 5.75 Å². The molecule has 1 aromatic carbocycles. The second-order valence-electron chi connectivity index (χ2n) is 2.59. The number of hydrogen-bond donors (Lipinski definition) is 6. The maximum absolute atomic E-state index is 10.3. The van der Waals surface area contributed by atoms with Crippen molar-refractivity contribution in [3.05, 3.63) is 23.8 Å². The van der Waals surface area contributed by atoms with E-state index in [1.807, 2.05) is 0 Å². The van der Waals surface area contributed by atoms with Crippen LogP contribution in [0.1, 0.15) is 10.4 Å². The van der Waals surface area contributed by atoms with Crippen LogP contribution in [0.25, 0.3) is 0 Å². The molecule has 0 saturated heterocycles. The number of rotatable bonds is 1. The average molecular weight is 251 g/mol. The summed E-state index contributed by atoms with van der Waals surface area (Å²) in [5, 5.41) is 17.4. The standard InChI is InChI=1S/C7H7NO3.H3O4P/c8-5-2-1-4(7(10)11)3-6(5)9;1-5(2,3)4/h1-3,9H,8H2,(H,10,11);(H3,1,2,3,4). The molecule has 1 aromatic rings. The van der Waals surface area contributed by atoms with Gasteiger partial charge in [-0.3, -0.25) is 0 Å². The number of carboxylic acid groups (broad SMARTS) is 1. The van der Waals surface area contributed by atoms with Crippen LogP contribution in [0.2, 0.25) is 0 Å². The smallest absolute Gasteiger partial charge is 0.466 e. The monoisotopic (exact) mass is 251 g/mol. The van der Waals surface area contributed by atoms with Crippen LogP contribution in [0, 0.1) is 0 Å². The summed E-state index contributed by atoms with van der Waals surface area (Å²) in [5.41, 5.74) is 5.45. The molecular weight excluding hydrogens is 241 g/mol. The first-order valence-electron chi connectivity index (χ1n) is 3.71. The van der Waals surface area contributed by atoms with Gasteiger partial charge in [0.05, 0.1) is 11.3 Å². The van der Waals surface area contributed by atoms with E-state index in [1.165, 1.54) is 12.1 Å². The maximum Gasteiger partial charge on any atom is 0.466 e. The predicted molar refractivity (Wildman–Crippen MR) is 53.7 cm³/mol. The highest BCUT2D eigenvalue weighted by molar-refractivity contribution is 7.45. The lowest BCUT2D eigenvalue weighted by molar-refractivity contribution is 0.0696. The molecule has 0 aliphatic carbocycles. The van der Waals surface area contributed by atoms with E-state index in [9.17, 15) is 4.79 Å². The van der Waals surface area contributed by atoms with Crippen molar-refractivity contribution in [2.24, 2.45) is 0 Å². The third-order valence-electron chi connectivity index (χ3n) is 1.28. The van der Waals surface area contributed by atoms with E-state index in [-0.39, 0.29) is 17.0 Å². The third-order valence-corrected chi connectivity index (χ3v) is 1.28. The van der Waals surface area contributed by atoms with E-state index in [0.717, 1.165) is 6.07 Å². The molecule has 0 radical (unpaired) electrons. The number of benzene rings is 1. The summed E-state index contributed by atoms with van der Waals surface area (Å²) in [4.78, 5) is 31.9. The van der Waals surface area contributed by atoms with Crippen molar-refractivity contribution in [2.45, 2.75) is 0 Å². The molecule has 0 heterocycles. The minimum absolute atomic E-state index is 0.0247. The minimum atomic E-state index is -4.64. The topological polar surface area (TPSA) is 161 Å². The van der Waals surface area contributed by atoms with Gasteiger partial charge in [0.2, 0.25) is 0 Å². The van der Waals surface area contributed by atoms with Gasteiger partial charge in [-0.15, -0.1) is 0 Å². The molecule has 0 unspecified atom stereocenters. The summed E-state index contributed by atoms with van der Waals surface area (Å²) in [6.45, 7) is 0. The first-order valence-corrected chi connectivity index (χ1v) is 5.28. The van der Waals surface area contributed by atoms with Crippen LogP contribution >= 0.6 is 7.82 Å². The molecule has 0 aromatic heterocycles. The maximum atomic E-state index is 10.3. The first kappa shape index (κ1) is 14.4. The van der Waals surface area contributed by atoms with E-state index in [2.05, 4.69) is 0 Å². The van der Waals surface area contributed by atoms with Crippen molar-refractivity contribution >= 4 is 19.5 Å². The van der Waals surface area contributed by atoms with Crippen LogP contribution in [0.4, 0.5) is 5.69 Å². The normalized spacial score (nSPS) is 10.2. The second-order valence-corrected chi connectivity index (χ2v) is 3.62. The molecule has 9 heteroatoms. The summed E-state index contributed by atoms with van der Waals surface area (Å²) >= 11 is 0. The molecule has 7 N–H and O–H groups in total. The zero-order valence-electron chi connectivity index (χ0n) is 7.81. The molecule has 0 fully saturated rings. The fraction of sp³-hybridized carbons (Fsp3) is 0. The Morgan fingerprint density at radius 1 is 1.25 bits per heavy atom. The van der Waals surface area contributed by atoms with Gasteiger partial charge in [0.25, 0.3) is 0 Å². The largest absolute Gasteiger partial charge is 0.506 e. The molecule has 0 bridgehead atoms. The van der Waals surface area contributed by atoms with Gasteiger partial charge in [-0.1, -0.05) is 0 Å². The molecule has 16 heavy (non-hydrogen) atoms. The van der Waals surface area contributed by atoms with Crippen molar-refractivity contribution in [3.63, 3.8) is 0 Å². The number of carbonyl (C=O) groups is 1. The average Bonchev–Trinajstić information content (AvgIpc) is 2.06. The molecule has 0 amide bonds. The van der Waals surface area contributed by atoms with Crippen molar-refractivity contribution in [2.75, 3.05) is 5.73 Å². The van der Waals surface area contributed by atoms with E-state index in [1.54, 1.807) is 0 Å². The summed E-state index contributed by atoms with van der Waals surface area (Å²) in [6, 6.07) is 3.79. The Kier molecular flexibility index (Phi) is 4.93. The Bertz CT molecular complexity index is 418. The van der Waals surface area contributed by atoms with Crippen LogP contribution in [0.15, 0.2) is 18.2 Å². The van der Waals surface area contributed by atoms with Gasteiger partial charge in [-0.2, -0.15) is 0 Å². The zero-order chi connectivity index (χ0) is 12.9. The summed E-state index contributed by atoms with van der Waals surface area (Å²) in [5.74, 6) is -1.29. The van der Waals surface area contributed by atoms with E-state index in [4.69, 9.17) is 35.2 Å². The molecule has 0 atom stereocenters. The second kappa shape index (κ2) is 5.47. The number of carboxylic acids is 1. The minimum Gasteiger partial charge on any atom is -0.506 e. The van der Waals surface area contributed by atoms with Crippen LogP contribution < -0.4 is 5.73 Å². The summed E-state index contributed by atoms with van der Waals surface area (Å²) in [6.07, 6.45) is 0. The molecule has 90 valence electrons. The Labute approximate surface area is 89.8 Å². The fourth-order valence-corrected chi connectivity index (χ4v) is 0.677.